The normalized spacial score (nSPS) is 45.4. The zero-order valence-electron chi connectivity index (χ0n) is 11.5. The molecule has 0 spiro atoms. The molecule has 98 valence electrons. The Balaban J connectivity index is 1.55. The second-order valence-electron chi connectivity index (χ2n) is 7.03. The van der Waals surface area contributed by atoms with Crippen molar-refractivity contribution < 1.29 is 0 Å². The summed E-state index contributed by atoms with van der Waals surface area (Å²) in [6, 6.07) is 0. The summed E-state index contributed by atoms with van der Waals surface area (Å²) < 4.78 is 0. The van der Waals surface area contributed by atoms with Crippen LogP contribution in [0.15, 0.2) is 0 Å². The van der Waals surface area contributed by atoms with Crippen LogP contribution in [0.2, 0.25) is 0 Å². The number of nitrogens with one attached hydrogen (secondary N) is 1. The molecular formula is C16H29N. The molecule has 5 atom stereocenters. The van der Waals surface area contributed by atoms with E-state index in [1.54, 1.807) is 32.1 Å². The average Bonchev–Trinajstić information content (AvgIpc) is 2.94. The minimum Gasteiger partial charge on any atom is -0.319 e. The van der Waals surface area contributed by atoms with E-state index in [0.29, 0.717) is 0 Å². The molecule has 0 aromatic rings. The standard InChI is InChI=1S/C16H29N/c1-17-11-15-5-3-2-4-13(15)10-16-9-12-6-7-14(16)8-12/h12-17H,2-11H2,1H3. The Morgan fingerprint density at radius 1 is 0.882 bits per heavy atom. The largest absolute Gasteiger partial charge is 0.319 e. The first-order valence-electron chi connectivity index (χ1n) is 8.01. The first kappa shape index (κ1) is 12.0. The van der Waals surface area contributed by atoms with E-state index in [9.17, 15) is 0 Å². The summed E-state index contributed by atoms with van der Waals surface area (Å²) in [6.07, 6.45) is 13.9. The van der Waals surface area contributed by atoms with Gasteiger partial charge < -0.3 is 5.32 Å². The summed E-state index contributed by atoms with van der Waals surface area (Å²) in [7, 11) is 2.13. The van der Waals surface area contributed by atoms with Crippen LogP contribution in [-0.2, 0) is 0 Å². The van der Waals surface area contributed by atoms with Crippen molar-refractivity contribution in [3.63, 3.8) is 0 Å². The third kappa shape index (κ3) is 2.54. The third-order valence-corrected chi connectivity index (χ3v) is 6.02. The van der Waals surface area contributed by atoms with Gasteiger partial charge in [-0.2, -0.15) is 0 Å². The first-order valence-corrected chi connectivity index (χ1v) is 8.01. The van der Waals surface area contributed by atoms with Crippen molar-refractivity contribution >= 4 is 0 Å². The Kier molecular flexibility index (Phi) is 3.75. The molecule has 0 aromatic carbocycles. The van der Waals surface area contributed by atoms with Gasteiger partial charge in [0.2, 0.25) is 0 Å². The smallest absolute Gasteiger partial charge is 0.00209 e. The van der Waals surface area contributed by atoms with Crippen molar-refractivity contribution in [2.75, 3.05) is 13.6 Å². The van der Waals surface area contributed by atoms with E-state index < -0.39 is 0 Å². The Morgan fingerprint density at radius 3 is 2.35 bits per heavy atom. The second kappa shape index (κ2) is 5.30. The van der Waals surface area contributed by atoms with Crippen LogP contribution >= 0.6 is 0 Å². The van der Waals surface area contributed by atoms with E-state index in [1.165, 1.54) is 32.2 Å². The molecule has 0 amide bonds. The van der Waals surface area contributed by atoms with Gasteiger partial charge in [-0.05, 0) is 75.3 Å². The summed E-state index contributed by atoms with van der Waals surface area (Å²) >= 11 is 0. The van der Waals surface area contributed by atoms with E-state index in [2.05, 4.69) is 12.4 Å². The third-order valence-electron chi connectivity index (χ3n) is 6.02. The van der Waals surface area contributed by atoms with Crippen LogP contribution in [-0.4, -0.2) is 13.6 Å². The zero-order valence-corrected chi connectivity index (χ0v) is 11.5. The van der Waals surface area contributed by atoms with Gasteiger partial charge in [0, 0.05) is 0 Å². The Hall–Kier alpha value is -0.0400. The molecule has 1 N–H and O–H groups in total. The summed E-state index contributed by atoms with van der Waals surface area (Å²) in [5.74, 6) is 5.44. The monoisotopic (exact) mass is 235 g/mol. The predicted octanol–water partition coefficient (Wildman–Crippen LogP) is 3.84. The van der Waals surface area contributed by atoms with Crippen LogP contribution in [0.3, 0.4) is 0 Å². The van der Waals surface area contributed by atoms with Gasteiger partial charge in [0.15, 0.2) is 0 Å². The maximum Gasteiger partial charge on any atom is -0.00209 e. The summed E-state index contributed by atoms with van der Waals surface area (Å²) in [5.41, 5.74) is 0. The quantitative estimate of drug-likeness (QED) is 0.780. The van der Waals surface area contributed by atoms with Crippen LogP contribution in [0.1, 0.15) is 57.8 Å². The molecule has 0 radical (unpaired) electrons. The van der Waals surface area contributed by atoms with E-state index >= 15 is 0 Å². The summed E-state index contributed by atoms with van der Waals surface area (Å²) in [6.45, 7) is 1.27. The van der Waals surface area contributed by atoms with Crippen LogP contribution in [0.25, 0.3) is 0 Å². The maximum absolute atomic E-state index is 3.43. The number of fused-ring (bicyclic) bond motifs is 2. The number of hydrogen-bond donors (Lipinski definition) is 1. The fourth-order valence-electron chi connectivity index (χ4n) is 5.18. The highest BCUT2D eigenvalue weighted by Gasteiger charge is 2.41. The molecule has 17 heavy (non-hydrogen) atoms. The Morgan fingerprint density at radius 2 is 1.71 bits per heavy atom. The highest BCUT2D eigenvalue weighted by Crippen LogP contribution is 2.51. The van der Waals surface area contributed by atoms with Gasteiger partial charge >= 0.3 is 0 Å². The van der Waals surface area contributed by atoms with Crippen molar-refractivity contribution in [3.8, 4) is 0 Å². The van der Waals surface area contributed by atoms with Crippen molar-refractivity contribution in [2.45, 2.75) is 57.8 Å². The zero-order chi connectivity index (χ0) is 11.7. The molecule has 5 unspecified atom stereocenters. The Labute approximate surface area is 107 Å². The maximum atomic E-state index is 3.43. The molecule has 3 rings (SSSR count). The van der Waals surface area contributed by atoms with E-state index in [4.69, 9.17) is 0 Å². The minimum absolute atomic E-state index is 0.993. The molecule has 1 heteroatoms. The van der Waals surface area contributed by atoms with Crippen molar-refractivity contribution in [1.29, 1.82) is 0 Å². The van der Waals surface area contributed by atoms with Crippen molar-refractivity contribution in [1.82, 2.24) is 5.32 Å². The van der Waals surface area contributed by atoms with E-state index in [0.717, 1.165) is 29.6 Å². The molecule has 3 saturated carbocycles. The van der Waals surface area contributed by atoms with Crippen molar-refractivity contribution in [2.24, 2.45) is 29.6 Å². The van der Waals surface area contributed by atoms with Gasteiger partial charge in [-0.25, -0.2) is 0 Å². The molecule has 3 fully saturated rings. The van der Waals surface area contributed by atoms with Gasteiger partial charge in [0.05, 0.1) is 0 Å². The molecule has 2 bridgehead atoms. The highest BCUT2D eigenvalue weighted by atomic mass is 14.8. The van der Waals surface area contributed by atoms with Gasteiger partial charge in [0.1, 0.15) is 0 Å². The van der Waals surface area contributed by atoms with Crippen LogP contribution in [0.5, 0.6) is 0 Å². The molecule has 0 aromatic heterocycles. The average molecular weight is 235 g/mol. The lowest BCUT2D eigenvalue weighted by molar-refractivity contribution is 0.168. The summed E-state index contributed by atoms with van der Waals surface area (Å²) in [4.78, 5) is 0. The number of hydrogen-bond acceptors (Lipinski definition) is 1. The lowest BCUT2D eigenvalue weighted by Gasteiger charge is -2.35. The lowest BCUT2D eigenvalue weighted by Crippen LogP contribution is -2.30. The molecular weight excluding hydrogens is 206 g/mol. The van der Waals surface area contributed by atoms with Crippen LogP contribution < -0.4 is 5.32 Å². The summed E-state index contributed by atoms with van der Waals surface area (Å²) in [5, 5.41) is 3.43. The lowest BCUT2D eigenvalue weighted by atomic mass is 9.72. The molecule has 3 aliphatic rings. The van der Waals surface area contributed by atoms with Gasteiger partial charge in [0.25, 0.3) is 0 Å². The molecule has 0 heterocycles. The van der Waals surface area contributed by atoms with E-state index in [-0.39, 0.29) is 0 Å². The molecule has 1 nitrogen and oxygen atoms in total. The fourth-order valence-corrected chi connectivity index (χ4v) is 5.18. The number of rotatable bonds is 4. The van der Waals surface area contributed by atoms with E-state index in [1.807, 2.05) is 0 Å². The molecule has 3 aliphatic carbocycles. The van der Waals surface area contributed by atoms with Crippen molar-refractivity contribution in [3.05, 3.63) is 0 Å². The van der Waals surface area contributed by atoms with Gasteiger partial charge in [-0.3, -0.25) is 0 Å². The van der Waals surface area contributed by atoms with Gasteiger partial charge in [-0.1, -0.05) is 25.7 Å². The molecule has 0 aliphatic heterocycles. The highest BCUT2D eigenvalue weighted by molar-refractivity contribution is 4.92. The van der Waals surface area contributed by atoms with Gasteiger partial charge in [-0.15, -0.1) is 0 Å². The second-order valence-corrected chi connectivity index (χ2v) is 7.03. The first-order chi connectivity index (χ1) is 8.36. The van der Waals surface area contributed by atoms with Crippen LogP contribution in [0.4, 0.5) is 0 Å². The molecule has 0 saturated heterocycles. The van der Waals surface area contributed by atoms with Crippen LogP contribution in [0, 0.1) is 29.6 Å². The SMILES string of the molecule is CNCC1CCCCC1CC1CC2CCC1C2. The minimum atomic E-state index is 0.993. The fraction of sp³-hybridized carbons (Fsp3) is 1.00. The topological polar surface area (TPSA) is 12.0 Å². The Bertz CT molecular complexity index is 248. The predicted molar refractivity (Wildman–Crippen MR) is 72.9 cm³/mol.